The van der Waals surface area contributed by atoms with Crippen LogP contribution >= 0.6 is 0 Å². The fourth-order valence-electron chi connectivity index (χ4n) is 5.47. The minimum absolute atomic E-state index is 0. The van der Waals surface area contributed by atoms with E-state index in [0.717, 1.165) is 23.8 Å². The largest absolute Gasteiger partial charge is 0.506 e. The molecule has 0 radical (unpaired) electrons. The highest BCUT2D eigenvalue weighted by Gasteiger charge is 2.44. The number of carboxylic acid groups (broad SMARTS) is 1. The molecule has 1 saturated carbocycles. The molecule has 0 bridgehead atoms. The van der Waals surface area contributed by atoms with E-state index in [1.54, 1.807) is 25.5 Å². The van der Waals surface area contributed by atoms with Crippen LogP contribution in [0.3, 0.4) is 0 Å². The molecule has 1 aromatic carbocycles. The summed E-state index contributed by atoms with van der Waals surface area (Å²) in [7, 11) is -4.43. The number of anilines is 2. The summed E-state index contributed by atoms with van der Waals surface area (Å²) in [4.78, 5) is 39.5. The van der Waals surface area contributed by atoms with Crippen molar-refractivity contribution in [2.75, 3.05) is 28.8 Å². The van der Waals surface area contributed by atoms with E-state index in [4.69, 9.17) is 4.74 Å². The van der Waals surface area contributed by atoms with Crippen molar-refractivity contribution in [1.82, 2.24) is 15.8 Å². The molecular weight excluding hydrogens is 549 g/mol. The predicted octanol–water partition coefficient (Wildman–Crippen LogP) is 3.20. The Kier molecular flexibility index (Phi) is 8.52. The third-order valence-electron chi connectivity index (χ3n) is 7.41. The van der Waals surface area contributed by atoms with Crippen LogP contribution in [0.1, 0.15) is 53.0 Å². The lowest BCUT2D eigenvalue weighted by Crippen LogP contribution is -2.50. The van der Waals surface area contributed by atoms with Crippen LogP contribution in [-0.4, -0.2) is 72.9 Å². The lowest BCUT2D eigenvalue weighted by atomic mass is 9.69. The second-order valence-electron chi connectivity index (χ2n) is 11.8. The van der Waals surface area contributed by atoms with Gasteiger partial charge in [-0.15, -0.1) is 0 Å². The zero-order valence-corrected chi connectivity index (χ0v) is 24.1. The monoisotopic (exact) mass is 587 g/mol. The molecule has 2 fully saturated rings. The first-order chi connectivity index (χ1) is 18.0. The maximum Gasteiger partial charge on any atom is 0.412 e. The van der Waals surface area contributed by atoms with Gasteiger partial charge in [-0.1, -0.05) is 13.8 Å². The number of amides is 3. The number of phenols is 1. The quantitative estimate of drug-likeness (QED) is 0.387. The summed E-state index contributed by atoms with van der Waals surface area (Å²) in [6.07, 6.45) is -0.382. The zero-order chi connectivity index (χ0) is 29.0. The third-order valence-corrected chi connectivity index (χ3v) is 8.79. The van der Waals surface area contributed by atoms with Crippen LogP contribution in [0.4, 0.5) is 25.4 Å². The molecule has 3 aliphatic rings. The summed E-state index contributed by atoms with van der Waals surface area (Å²) in [6, 6.07) is 0.0436. The second-order valence-corrected chi connectivity index (χ2v) is 13.4. The molecular formula is C25H38FN5O8S. The lowest BCUT2D eigenvalue weighted by molar-refractivity contribution is -0.117. The zero-order valence-electron chi connectivity index (χ0n) is 23.3. The number of fused-ring (bicyclic) bond motifs is 1. The molecule has 15 heteroatoms. The van der Waals surface area contributed by atoms with Crippen LogP contribution in [-0.2, 0) is 26.2 Å². The van der Waals surface area contributed by atoms with Gasteiger partial charge < -0.3 is 26.0 Å². The minimum Gasteiger partial charge on any atom is -0.506 e. The molecule has 0 aromatic heterocycles. The normalized spacial score (nSPS) is 23.3. The maximum atomic E-state index is 15.7. The number of nitrogens with zero attached hydrogens (tertiary/aromatic N) is 3. The number of nitrogens with one attached hydrogen (secondary N) is 1. The Labute approximate surface area is 233 Å². The van der Waals surface area contributed by atoms with Crippen molar-refractivity contribution >= 4 is 39.7 Å². The number of phenolic OH excluding ortho intramolecular Hbond substituents is 1. The standard InChI is InChI=1S/C25H35FN4O8S.H3N/c1-13(2)15-6-14(7-15)10-28(24(35)38-25(3,4)5)11-16-8-17-18(30(16)23(33)34)9-19(31)22(21(17)26)29-12-20(32)27-39(29,36)37;/h9,13-16,31H,6-8,10-12H2,1-5H3,(H,27,32)(H,33,34);1H3/t14?,15?,16-;/m1./s1. The average Bonchev–Trinajstić information content (AvgIpc) is 3.23. The lowest BCUT2D eigenvalue weighted by Gasteiger charge is -2.41. The Hall–Kier alpha value is -3.33. The van der Waals surface area contributed by atoms with Crippen LogP contribution in [0.25, 0.3) is 0 Å². The van der Waals surface area contributed by atoms with Gasteiger partial charge >= 0.3 is 22.4 Å². The first-order valence-electron chi connectivity index (χ1n) is 12.9. The number of ether oxygens (including phenoxy) is 1. The van der Waals surface area contributed by atoms with Gasteiger partial charge in [-0.3, -0.25) is 9.69 Å². The molecule has 2 heterocycles. The fourth-order valence-corrected chi connectivity index (χ4v) is 6.63. The number of hydrogen-bond donors (Lipinski definition) is 4. The highest BCUT2D eigenvalue weighted by Crippen LogP contribution is 2.45. The van der Waals surface area contributed by atoms with Crippen molar-refractivity contribution in [3.05, 3.63) is 17.4 Å². The number of carbonyl (C=O) groups is 3. The van der Waals surface area contributed by atoms with Crippen molar-refractivity contribution in [2.24, 2.45) is 17.8 Å². The van der Waals surface area contributed by atoms with Gasteiger partial charge in [0.15, 0.2) is 5.82 Å². The second kappa shape index (κ2) is 10.9. The summed E-state index contributed by atoms with van der Waals surface area (Å²) in [5.41, 5.74) is -1.83. The Morgan fingerprint density at radius 1 is 1.25 bits per heavy atom. The first kappa shape index (κ1) is 31.2. The Morgan fingerprint density at radius 3 is 2.38 bits per heavy atom. The topological polar surface area (TPSA) is 192 Å². The Morgan fingerprint density at radius 2 is 1.88 bits per heavy atom. The predicted molar refractivity (Wildman–Crippen MR) is 144 cm³/mol. The maximum absolute atomic E-state index is 15.7. The minimum atomic E-state index is -4.43. The van der Waals surface area contributed by atoms with Gasteiger partial charge in [0.25, 0.3) is 5.91 Å². The van der Waals surface area contributed by atoms with Crippen molar-refractivity contribution in [2.45, 2.75) is 65.5 Å². The van der Waals surface area contributed by atoms with Gasteiger partial charge in [0, 0.05) is 31.1 Å². The van der Waals surface area contributed by atoms with Gasteiger partial charge in [-0.05, 0) is 51.4 Å². The highest BCUT2D eigenvalue weighted by molar-refractivity contribution is 7.92. The number of rotatable bonds is 6. The molecule has 13 nitrogen and oxygen atoms in total. The number of aromatic hydroxyl groups is 1. The number of benzene rings is 1. The van der Waals surface area contributed by atoms with Gasteiger partial charge in [-0.25, -0.2) is 23.0 Å². The van der Waals surface area contributed by atoms with Crippen LogP contribution in [0.5, 0.6) is 5.75 Å². The summed E-state index contributed by atoms with van der Waals surface area (Å²) >= 11 is 0. The van der Waals surface area contributed by atoms with Crippen molar-refractivity contribution in [1.29, 1.82) is 0 Å². The molecule has 1 aliphatic carbocycles. The summed E-state index contributed by atoms with van der Waals surface area (Å²) in [5, 5.41) is 20.6. The molecule has 0 unspecified atom stereocenters. The smallest absolute Gasteiger partial charge is 0.412 e. The molecule has 1 aromatic rings. The molecule has 1 atom stereocenters. The van der Waals surface area contributed by atoms with Crippen LogP contribution in [0.2, 0.25) is 0 Å². The summed E-state index contributed by atoms with van der Waals surface area (Å²) in [6.45, 7) is 8.97. The van der Waals surface area contributed by atoms with Gasteiger partial charge in [0.1, 0.15) is 23.6 Å². The van der Waals surface area contributed by atoms with E-state index in [1.807, 2.05) is 0 Å². The third kappa shape index (κ3) is 6.04. The Balaban J connectivity index is 0.00000441. The van der Waals surface area contributed by atoms with Crippen LogP contribution in [0, 0.1) is 23.6 Å². The van der Waals surface area contributed by atoms with Gasteiger partial charge in [0.05, 0.1) is 11.7 Å². The average molecular weight is 588 g/mol. The molecule has 40 heavy (non-hydrogen) atoms. The first-order valence-corrected chi connectivity index (χ1v) is 14.3. The fraction of sp³-hybridized carbons (Fsp3) is 0.640. The van der Waals surface area contributed by atoms with Gasteiger partial charge in [0.2, 0.25) is 0 Å². The summed E-state index contributed by atoms with van der Waals surface area (Å²) in [5.74, 6) is -1.62. The van der Waals surface area contributed by atoms with E-state index in [9.17, 15) is 33.0 Å². The molecule has 1 saturated heterocycles. The van der Waals surface area contributed by atoms with E-state index in [2.05, 4.69) is 13.8 Å². The van der Waals surface area contributed by atoms with E-state index < -0.39 is 63.7 Å². The van der Waals surface area contributed by atoms with E-state index >= 15 is 4.39 Å². The highest BCUT2D eigenvalue weighted by atomic mass is 32.2. The Bertz CT molecular complexity index is 1290. The molecule has 0 spiro atoms. The number of carbonyl (C=O) groups excluding carboxylic acids is 2. The van der Waals surface area contributed by atoms with Crippen molar-refractivity contribution in [3.8, 4) is 5.75 Å². The van der Waals surface area contributed by atoms with Crippen LogP contribution in [0.15, 0.2) is 6.07 Å². The van der Waals surface area contributed by atoms with E-state index in [0.29, 0.717) is 22.7 Å². The summed E-state index contributed by atoms with van der Waals surface area (Å²) < 4.78 is 48.1. The van der Waals surface area contributed by atoms with Crippen LogP contribution < -0.4 is 20.1 Å². The van der Waals surface area contributed by atoms with Crippen molar-refractivity contribution in [3.63, 3.8) is 0 Å². The number of halogens is 1. The van der Waals surface area contributed by atoms with Gasteiger partial charge in [-0.2, -0.15) is 8.42 Å². The molecule has 3 amide bonds. The molecule has 224 valence electrons. The molecule has 6 N–H and O–H groups in total. The molecule has 4 rings (SSSR count). The molecule has 2 aliphatic heterocycles. The van der Waals surface area contributed by atoms with Crippen molar-refractivity contribution < 1.29 is 42.1 Å². The van der Waals surface area contributed by atoms with E-state index in [1.165, 1.54) is 4.90 Å². The number of hydrogen-bond acceptors (Lipinski definition) is 8. The SMILES string of the molecule is CC(C)C1CC(CN(C[C@H]2Cc3c(cc(O)c(N4CC(=O)NS4(=O)=O)c3F)N2C(=O)O)C(=O)OC(C)(C)C)C1.N. The van der Waals surface area contributed by atoms with E-state index in [-0.39, 0.29) is 36.3 Å².